The third-order valence-corrected chi connectivity index (χ3v) is 4.45. The molecule has 1 amide bonds. The monoisotopic (exact) mass is 310 g/mol. The molecule has 1 fully saturated rings. The number of aryl methyl sites for hydroxylation is 1. The third-order valence-electron chi connectivity index (χ3n) is 4.45. The number of hydrogen-bond acceptors (Lipinski definition) is 3. The van der Waals surface area contributed by atoms with E-state index in [-0.39, 0.29) is 5.91 Å². The number of aromatic nitrogens is 1. The Morgan fingerprint density at radius 2 is 2.04 bits per heavy atom. The van der Waals surface area contributed by atoms with Crippen molar-refractivity contribution in [1.82, 2.24) is 9.88 Å². The van der Waals surface area contributed by atoms with E-state index in [2.05, 4.69) is 36.2 Å². The highest BCUT2D eigenvalue weighted by atomic mass is 16.5. The minimum absolute atomic E-state index is 0.0579. The van der Waals surface area contributed by atoms with Crippen LogP contribution in [0.1, 0.15) is 40.2 Å². The lowest BCUT2D eigenvalue weighted by Crippen LogP contribution is -2.39. The zero-order valence-electron chi connectivity index (χ0n) is 13.7. The number of rotatable bonds is 3. The van der Waals surface area contributed by atoms with Gasteiger partial charge in [-0.15, -0.1) is 0 Å². The first-order valence-corrected chi connectivity index (χ1v) is 8.03. The van der Waals surface area contributed by atoms with Gasteiger partial charge in [-0.05, 0) is 31.4 Å². The number of hydrogen-bond donors (Lipinski definition) is 0. The lowest BCUT2D eigenvalue weighted by Gasteiger charge is -2.33. The Hall–Kier alpha value is -2.36. The second-order valence-corrected chi connectivity index (χ2v) is 6.09. The fourth-order valence-electron chi connectivity index (χ4n) is 3.11. The predicted octanol–water partition coefficient (Wildman–Crippen LogP) is 3.42. The van der Waals surface area contributed by atoms with Crippen molar-refractivity contribution in [2.24, 2.45) is 0 Å². The van der Waals surface area contributed by atoms with Gasteiger partial charge in [0.25, 0.3) is 5.91 Å². The summed E-state index contributed by atoms with van der Waals surface area (Å²) in [5.41, 5.74) is 3.23. The van der Waals surface area contributed by atoms with E-state index < -0.39 is 0 Å². The van der Waals surface area contributed by atoms with Gasteiger partial charge in [0, 0.05) is 36.8 Å². The fourth-order valence-corrected chi connectivity index (χ4v) is 3.11. The Kier molecular flexibility index (Phi) is 4.60. The molecule has 120 valence electrons. The lowest BCUT2D eigenvalue weighted by molar-refractivity contribution is 0.0706. The molecule has 23 heavy (non-hydrogen) atoms. The lowest BCUT2D eigenvalue weighted by atomic mass is 9.90. The first-order chi connectivity index (χ1) is 11.2. The molecule has 0 radical (unpaired) electrons. The van der Waals surface area contributed by atoms with Crippen LogP contribution in [0, 0.1) is 6.92 Å². The van der Waals surface area contributed by atoms with Crippen molar-refractivity contribution in [1.29, 1.82) is 0 Å². The Morgan fingerprint density at radius 1 is 1.26 bits per heavy atom. The second kappa shape index (κ2) is 6.82. The highest BCUT2D eigenvalue weighted by molar-refractivity contribution is 5.94. The van der Waals surface area contributed by atoms with Crippen LogP contribution in [-0.4, -0.2) is 36.0 Å². The zero-order chi connectivity index (χ0) is 16.2. The van der Waals surface area contributed by atoms with Crippen molar-refractivity contribution in [2.75, 3.05) is 20.2 Å². The summed E-state index contributed by atoms with van der Waals surface area (Å²) in [4.78, 5) is 18.8. The van der Waals surface area contributed by atoms with E-state index in [4.69, 9.17) is 4.74 Å². The normalized spacial score (nSPS) is 17.8. The number of methoxy groups -OCH3 is 1. The van der Waals surface area contributed by atoms with Crippen LogP contribution in [-0.2, 0) is 0 Å². The van der Waals surface area contributed by atoms with Gasteiger partial charge in [0.2, 0.25) is 5.88 Å². The van der Waals surface area contributed by atoms with Crippen molar-refractivity contribution >= 4 is 5.91 Å². The van der Waals surface area contributed by atoms with Crippen molar-refractivity contribution in [3.63, 3.8) is 0 Å². The standard InChI is InChI=1S/C19H22N2O2/c1-14-5-7-15(8-6-14)17-4-3-11-21(13-17)19(22)16-9-10-20-18(12-16)23-2/h5-10,12,17H,3-4,11,13H2,1-2H3/t17-/m1/s1. The van der Waals surface area contributed by atoms with Crippen LogP contribution < -0.4 is 4.74 Å². The smallest absolute Gasteiger partial charge is 0.254 e. The molecule has 1 atom stereocenters. The molecule has 1 aliphatic heterocycles. The zero-order valence-corrected chi connectivity index (χ0v) is 13.7. The Balaban J connectivity index is 1.75. The molecule has 1 saturated heterocycles. The third kappa shape index (κ3) is 3.52. The summed E-state index contributed by atoms with van der Waals surface area (Å²) < 4.78 is 5.11. The molecule has 1 aromatic heterocycles. The van der Waals surface area contributed by atoms with Crippen LogP contribution in [0.25, 0.3) is 0 Å². The molecule has 0 saturated carbocycles. The average molecular weight is 310 g/mol. The maximum Gasteiger partial charge on any atom is 0.254 e. The minimum atomic E-state index is 0.0579. The number of carbonyl (C=O) groups excluding carboxylic acids is 1. The Morgan fingerprint density at radius 3 is 2.78 bits per heavy atom. The number of ether oxygens (including phenoxy) is 1. The summed E-state index contributed by atoms with van der Waals surface area (Å²) in [6.07, 6.45) is 3.78. The molecule has 0 spiro atoms. The molecule has 2 aromatic rings. The second-order valence-electron chi connectivity index (χ2n) is 6.09. The first kappa shape index (κ1) is 15.5. The largest absolute Gasteiger partial charge is 0.481 e. The summed E-state index contributed by atoms with van der Waals surface area (Å²) in [6, 6.07) is 12.1. The highest BCUT2D eigenvalue weighted by Crippen LogP contribution is 2.28. The van der Waals surface area contributed by atoms with E-state index in [1.807, 2.05) is 4.90 Å². The van der Waals surface area contributed by atoms with Gasteiger partial charge in [-0.1, -0.05) is 29.8 Å². The number of likely N-dealkylation sites (tertiary alicyclic amines) is 1. The van der Waals surface area contributed by atoms with E-state index >= 15 is 0 Å². The molecule has 3 rings (SSSR count). The molecule has 0 aliphatic carbocycles. The average Bonchev–Trinajstić information content (AvgIpc) is 2.62. The molecule has 0 bridgehead atoms. The number of nitrogens with zero attached hydrogens (tertiary/aromatic N) is 2. The maximum absolute atomic E-state index is 12.7. The molecular formula is C19H22N2O2. The summed E-state index contributed by atoms with van der Waals surface area (Å²) in [5.74, 6) is 0.947. The van der Waals surface area contributed by atoms with Crippen molar-refractivity contribution < 1.29 is 9.53 Å². The first-order valence-electron chi connectivity index (χ1n) is 8.03. The van der Waals surface area contributed by atoms with Crippen LogP contribution in [0.2, 0.25) is 0 Å². The summed E-state index contributed by atoms with van der Waals surface area (Å²) in [6.45, 7) is 3.68. The number of benzene rings is 1. The van der Waals surface area contributed by atoms with Gasteiger partial charge in [0.05, 0.1) is 7.11 Å². The highest BCUT2D eigenvalue weighted by Gasteiger charge is 2.25. The quantitative estimate of drug-likeness (QED) is 0.872. The van der Waals surface area contributed by atoms with Crippen LogP contribution in [0.5, 0.6) is 5.88 Å². The van der Waals surface area contributed by atoms with Crippen LogP contribution in [0.4, 0.5) is 0 Å². The van der Waals surface area contributed by atoms with E-state index in [0.717, 1.165) is 25.9 Å². The van der Waals surface area contributed by atoms with Crippen LogP contribution in [0.15, 0.2) is 42.6 Å². The van der Waals surface area contributed by atoms with Gasteiger partial charge in [-0.3, -0.25) is 4.79 Å². The predicted molar refractivity (Wildman–Crippen MR) is 89.8 cm³/mol. The summed E-state index contributed by atoms with van der Waals surface area (Å²) in [7, 11) is 1.56. The van der Waals surface area contributed by atoms with Gasteiger partial charge < -0.3 is 9.64 Å². The molecule has 0 N–H and O–H groups in total. The topological polar surface area (TPSA) is 42.4 Å². The minimum Gasteiger partial charge on any atom is -0.481 e. The van der Waals surface area contributed by atoms with E-state index in [1.54, 1.807) is 25.4 Å². The van der Waals surface area contributed by atoms with Crippen LogP contribution >= 0.6 is 0 Å². The van der Waals surface area contributed by atoms with E-state index in [1.165, 1.54) is 11.1 Å². The van der Waals surface area contributed by atoms with Crippen LogP contribution in [0.3, 0.4) is 0 Å². The molecular weight excluding hydrogens is 288 g/mol. The van der Waals surface area contributed by atoms with E-state index in [9.17, 15) is 4.79 Å². The van der Waals surface area contributed by atoms with Gasteiger partial charge in [0.15, 0.2) is 0 Å². The molecule has 4 nitrogen and oxygen atoms in total. The number of amides is 1. The van der Waals surface area contributed by atoms with Gasteiger partial charge in [-0.2, -0.15) is 0 Å². The fraction of sp³-hybridized carbons (Fsp3) is 0.368. The molecule has 2 heterocycles. The number of pyridine rings is 1. The summed E-state index contributed by atoms with van der Waals surface area (Å²) >= 11 is 0. The molecule has 1 aliphatic rings. The molecule has 4 heteroatoms. The van der Waals surface area contributed by atoms with E-state index in [0.29, 0.717) is 17.4 Å². The van der Waals surface area contributed by atoms with Gasteiger partial charge in [0.1, 0.15) is 0 Å². The Bertz CT molecular complexity index is 682. The number of carbonyl (C=O) groups is 1. The summed E-state index contributed by atoms with van der Waals surface area (Å²) in [5, 5.41) is 0. The molecule has 0 unspecified atom stereocenters. The maximum atomic E-state index is 12.7. The Labute approximate surface area is 137 Å². The van der Waals surface area contributed by atoms with Gasteiger partial charge >= 0.3 is 0 Å². The SMILES string of the molecule is COc1cc(C(=O)N2CCC[C@@H](c3ccc(C)cc3)C2)ccn1. The number of piperidine rings is 1. The molecule has 1 aromatic carbocycles. The van der Waals surface area contributed by atoms with Crippen molar-refractivity contribution in [2.45, 2.75) is 25.7 Å². The van der Waals surface area contributed by atoms with Gasteiger partial charge in [-0.25, -0.2) is 4.98 Å². The van der Waals surface area contributed by atoms with Crippen molar-refractivity contribution in [3.05, 3.63) is 59.3 Å². The van der Waals surface area contributed by atoms with Crippen molar-refractivity contribution in [3.8, 4) is 5.88 Å².